The number of aliphatic carboxylic acids is 1. The summed E-state index contributed by atoms with van der Waals surface area (Å²) in [6, 6.07) is 0. The van der Waals surface area contributed by atoms with Gasteiger partial charge in [-0.15, -0.1) is 0 Å². The highest BCUT2D eigenvalue weighted by atomic mass is 16.5. The molecule has 2 atom stereocenters. The molecule has 0 aromatic heterocycles. The van der Waals surface area contributed by atoms with Crippen molar-refractivity contribution in [3.63, 3.8) is 0 Å². The van der Waals surface area contributed by atoms with Gasteiger partial charge in [-0.3, -0.25) is 4.79 Å². The first-order valence-corrected chi connectivity index (χ1v) is 7.10. The summed E-state index contributed by atoms with van der Waals surface area (Å²) >= 11 is 0. The second kappa shape index (κ2) is 7.10. The van der Waals surface area contributed by atoms with Crippen molar-refractivity contribution < 1.29 is 14.6 Å². The summed E-state index contributed by atoms with van der Waals surface area (Å²) in [6.45, 7) is 7.75. The molecule has 0 spiro atoms. The number of carboxylic acids is 1. The predicted molar refractivity (Wildman–Crippen MR) is 71.7 cm³/mol. The molecule has 106 valence electrons. The Morgan fingerprint density at radius 3 is 2.83 bits per heavy atom. The molecular formula is C14H27NO3. The second-order valence-electron chi connectivity index (χ2n) is 5.76. The van der Waals surface area contributed by atoms with Gasteiger partial charge in [0.05, 0.1) is 6.10 Å². The third-order valence-corrected chi connectivity index (χ3v) is 3.49. The van der Waals surface area contributed by atoms with Crippen LogP contribution in [0.15, 0.2) is 0 Å². The fourth-order valence-electron chi connectivity index (χ4n) is 2.49. The molecule has 2 unspecified atom stereocenters. The summed E-state index contributed by atoms with van der Waals surface area (Å²) in [4.78, 5) is 11.5. The Balaban J connectivity index is 2.58. The molecule has 1 aliphatic carbocycles. The van der Waals surface area contributed by atoms with Crippen molar-refractivity contribution in [2.45, 2.75) is 64.5 Å². The fraction of sp³-hybridized carbons (Fsp3) is 0.929. The van der Waals surface area contributed by atoms with Crippen LogP contribution in [0.5, 0.6) is 0 Å². The van der Waals surface area contributed by atoms with Gasteiger partial charge in [0.15, 0.2) is 0 Å². The van der Waals surface area contributed by atoms with Crippen LogP contribution in [-0.2, 0) is 9.53 Å². The van der Waals surface area contributed by atoms with Crippen LogP contribution in [0.2, 0.25) is 0 Å². The van der Waals surface area contributed by atoms with E-state index in [-0.39, 0.29) is 6.10 Å². The van der Waals surface area contributed by atoms with Crippen LogP contribution >= 0.6 is 0 Å². The van der Waals surface area contributed by atoms with Gasteiger partial charge in [-0.25, -0.2) is 0 Å². The average molecular weight is 257 g/mol. The molecule has 0 heterocycles. The Hall–Kier alpha value is -0.610. The maximum Gasteiger partial charge on any atom is 0.323 e. The van der Waals surface area contributed by atoms with Gasteiger partial charge in [0.1, 0.15) is 5.54 Å². The molecule has 0 aromatic rings. The first-order valence-electron chi connectivity index (χ1n) is 7.10. The molecule has 4 nitrogen and oxygen atoms in total. The summed E-state index contributed by atoms with van der Waals surface area (Å²) < 4.78 is 5.83. The minimum absolute atomic E-state index is 0.0848. The Morgan fingerprint density at radius 2 is 2.28 bits per heavy atom. The molecule has 18 heavy (non-hydrogen) atoms. The number of carbonyl (C=O) groups is 1. The summed E-state index contributed by atoms with van der Waals surface area (Å²) in [5.74, 6) is -0.233. The zero-order valence-electron chi connectivity index (χ0n) is 11.9. The summed E-state index contributed by atoms with van der Waals surface area (Å²) in [6.07, 6.45) is 4.24. The van der Waals surface area contributed by atoms with Crippen LogP contribution in [0.25, 0.3) is 0 Å². The lowest BCUT2D eigenvalue weighted by atomic mass is 9.80. The topological polar surface area (TPSA) is 58.6 Å². The first-order chi connectivity index (χ1) is 8.50. The quantitative estimate of drug-likeness (QED) is 0.735. The standard InChI is InChI=1S/C14H27NO3/c1-4-8-15-14(13(16)17)7-5-6-12(9-14)18-10-11(2)3/h11-12,15H,4-10H2,1-3H3,(H,16,17). The Morgan fingerprint density at radius 1 is 1.56 bits per heavy atom. The van der Waals surface area contributed by atoms with E-state index in [0.29, 0.717) is 25.4 Å². The van der Waals surface area contributed by atoms with E-state index in [4.69, 9.17) is 4.74 Å². The van der Waals surface area contributed by atoms with Gasteiger partial charge < -0.3 is 15.2 Å². The Bertz CT molecular complexity index is 268. The number of nitrogens with one attached hydrogen (secondary N) is 1. The Labute approximate surface area is 110 Å². The lowest BCUT2D eigenvalue weighted by Crippen LogP contribution is -2.56. The molecule has 0 aromatic carbocycles. The van der Waals surface area contributed by atoms with E-state index in [9.17, 15) is 9.90 Å². The van der Waals surface area contributed by atoms with E-state index in [2.05, 4.69) is 26.1 Å². The second-order valence-corrected chi connectivity index (χ2v) is 5.76. The molecule has 0 aliphatic heterocycles. The van der Waals surface area contributed by atoms with E-state index in [0.717, 1.165) is 25.8 Å². The number of hydrogen-bond donors (Lipinski definition) is 2. The van der Waals surface area contributed by atoms with Crippen LogP contribution in [0.4, 0.5) is 0 Å². The van der Waals surface area contributed by atoms with Crippen LogP contribution < -0.4 is 5.32 Å². The lowest BCUT2D eigenvalue weighted by Gasteiger charge is -2.38. The van der Waals surface area contributed by atoms with Crippen molar-refractivity contribution >= 4 is 5.97 Å². The number of hydrogen-bond acceptors (Lipinski definition) is 3. The van der Waals surface area contributed by atoms with Crippen LogP contribution in [0.1, 0.15) is 52.9 Å². The summed E-state index contributed by atoms with van der Waals surface area (Å²) in [7, 11) is 0. The molecule has 2 N–H and O–H groups in total. The van der Waals surface area contributed by atoms with E-state index in [1.165, 1.54) is 0 Å². The third kappa shape index (κ3) is 4.25. The highest BCUT2D eigenvalue weighted by Gasteiger charge is 2.42. The van der Waals surface area contributed by atoms with Crippen LogP contribution in [0, 0.1) is 5.92 Å². The normalized spacial score (nSPS) is 28.6. The smallest absolute Gasteiger partial charge is 0.323 e. The van der Waals surface area contributed by atoms with E-state index >= 15 is 0 Å². The number of rotatable bonds is 7. The Kier molecular flexibility index (Phi) is 6.09. The summed E-state index contributed by atoms with van der Waals surface area (Å²) in [5.41, 5.74) is -0.768. The SMILES string of the molecule is CCCNC1(C(=O)O)CCCC(OCC(C)C)C1. The molecule has 1 fully saturated rings. The molecule has 0 amide bonds. The number of carboxylic acid groups (broad SMARTS) is 1. The molecule has 1 aliphatic rings. The van der Waals surface area contributed by atoms with Gasteiger partial charge in [-0.2, -0.15) is 0 Å². The van der Waals surface area contributed by atoms with Gasteiger partial charge in [0.25, 0.3) is 0 Å². The van der Waals surface area contributed by atoms with Crippen molar-refractivity contribution in [3.05, 3.63) is 0 Å². The molecule has 1 saturated carbocycles. The van der Waals surface area contributed by atoms with Crippen molar-refractivity contribution in [1.82, 2.24) is 5.32 Å². The van der Waals surface area contributed by atoms with Gasteiger partial charge in [0, 0.05) is 13.0 Å². The first kappa shape index (κ1) is 15.4. The largest absolute Gasteiger partial charge is 0.480 e. The van der Waals surface area contributed by atoms with E-state index < -0.39 is 11.5 Å². The van der Waals surface area contributed by atoms with Gasteiger partial charge in [0.2, 0.25) is 0 Å². The van der Waals surface area contributed by atoms with Crippen molar-refractivity contribution in [2.24, 2.45) is 5.92 Å². The van der Waals surface area contributed by atoms with Gasteiger partial charge in [-0.05, 0) is 38.1 Å². The zero-order valence-corrected chi connectivity index (χ0v) is 11.9. The molecule has 1 rings (SSSR count). The third-order valence-electron chi connectivity index (χ3n) is 3.49. The highest BCUT2D eigenvalue weighted by molar-refractivity contribution is 5.79. The van der Waals surface area contributed by atoms with Gasteiger partial charge in [-0.1, -0.05) is 20.8 Å². The van der Waals surface area contributed by atoms with Crippen molar-refractivity contribution in [3.8, 4) is 0 Å². The minimum atomic E-state index is -0.768. The molecule has 0 saturated heterocycles. The maximum atomic E-state index is 11.5. The predicted octanol–water partition coefficient (Wildman–Crippen LogP) is 2.42. The van der Waals surface area contributed by atoms with Crippen LogP contribution in [-0.4, -0.2) is 35.9 Å². The van der Waals surface area contributed by atoms with Gasteiger partial charge >= 0.3 is 5.97 Å². The minimum Gasteiger partial charge on any atom is -0.480 e. The highest BCUT2D eigenvalue weighted by Crippen LogP contribution is 2.31. The fourth-order valence-corrected chi connectivity index (χ4v) is 2.49. The molecule has 4 heteroatoms. The lowest BCUT2D eigenvalue weighted by molar-refractivity contribution is -0.149. The van der Waals surface area contributed by atoms with Crippen LogP contribution in [0.3, 0.4) is 0 Å². The van der Waals surface area contributed by atoms with E-state index in [1.807, 2.05) is 0 Å². The maximum absolute atomic E-state index is 11.5. The van der Waals surface area contributed by atoms with E-state index in [1.54, 1.807) is 0 Å². The zero-order chi connectivity index (χ0) is 13.6. The van der Waals surface area contributed by atoms with Crippen molar-refractivity contribution in [1.29, 1.82) is 0 Å². The monoisotopic (exact) mass is 257 g/mol. The molecular weight excluding hydrogens is 230 g/mol. The van der Waals surface area contributed by atoms with Crippen molar-refractivity contribution in [2.75, 3.05) is 13.2 Å². The average Bonchev–Trinajstić information content (AvgIpc) is 2.34. The molecule has 0 radical (unpaired) electrons. The summed E-state index contributed by atoms with van der Waals surface area (Å²) in [5, 5.41) is 12.7. The molecule has 0 bridgehead atoms. The number of ether oxygens (including phenoxy) is 1.